The number of anilines is 2. The van der Waals surface area contributed by atoms with Gasteiger partial charge in [0.2, 0.25) is 0 Å². The summed E-state index contributed by atoms with van der Waals surface area (Å²) < 4.78 is 21.8. The summed E-state index contributed by atoms with van der Waals surface area (Å²) in [6, 6.07) is 28.4. The van der Waals surface area contributed by atoms with Gasteiger partial charge in [0.25, 0.3) is 0 Å². The molecule has 3 aromatic rings. The normalized spacial score (nSPS) is 11.2. The van der Waals surface area contributed by atoms with Crippen molar-refractivity contribution in [1.82, 2.24) is 0 Å². The van der Waals surface area contributed by atoms with Gasteiger partial charge in [-0.1, -0.05) is 66.7 Å². The first-order chi connectivity index (χ1) is 18.2. The minimum Gasteiger partial charge on any atom is -0.383 e. The van der Waals surface area contributed by atoms with Gasteiger partial charge in [0, 0.05) is 76.6 Å². The Balaban J connectivity index is 2.17. The monoisotopic (exact) mass is 524 g/mol. The Labute approximate surface area is 223 Å². The molecule has 0 N–H and O–H groups in total. The molecule has 0 aromatic heterocycles. The number of rotatable bonds is 17. The van der Waals surface area contributed by atoms with E-state index in [2.05, 4.69) is 88.7 Å². The van der Waals surface area contributed by atoms with Gasteiger partial charge in [-0.3, -0.25) is 0 Å². The minimum absolute atomic E-state index is 0.652. The van der Waals surface area contributed by atoms with Gasteiger partial charge in [0.1, 0.15) is 0 Å². The minimum atomic E-state index is -0.859. The van der Waals surface area contributed by atoms with E-state index < -0.39 is 7.92 Å². The van der Waals surface area contributed by atoms with Crippen LogP contribution in [0.25, 0.3) is 0 Å². The van der Waals surface area contributed by atoms with E-state index in [9.17, 15) is 0 Å². The fourth-order valence-electron chi connectivity index (χ4n) is 4.34. The van der Waals surface area contributed by atoms with Gasteiger partial charge in [0.05, 0.1) is 26.4 Å². The molecule has 3 aromatic carbocycles. The maximum absolute atomic E-state index is 5.46. The molecule has 3 rings (SSSR count). The highest BCUT2D eigenvalue weighted by molar-refractivity contribution is 7.80. The van der Waals surface area contributed by atoms with Crippen molar-refractivity contribution < 1.29 is 18.9 Å². The van der Waals surface area contributed by atoms with E-state index in [1.54, 1.807) is 28.4 Å². The Hall–Kier alpha value is -2.47. The maximum atomic E-state index is 5.46. The summed E-state index contributed by atoms with van der Waals surface area (Å²) >= 11 is 0. The first-order valence-corrected chi connectivity index (χ1v) is 14.1. The topological polar surface area (TPSA) is 43.4 Å². The molecule has 0 amide bonds. The SMILES string of the molecule is COCCN(CCOC)c1ccccc1P(c1ccccc1)c1ccccc1N(CCOC)CCOC. The van der Waals surface area contributed by atoms with Gasteiger partial charge in [-0.15, -0.1) is 0 Å². The molecular weight excluding hydrogens is 483 g/mol. The van der Waals surface area contributed by atoms with E-state index in [0.717, 1.165) is 26.2 Å². The molecule has 0 bridgehead atoms. The van der Waals surface area contributed by atoms with Crippen LogP contribution in [0.15, 0.2) is 78.9 Å². The van der Waals surface area contributed by atoms with Crippen LogP contribution in [0.1, 0.15) is 0 Å². The second-order valence-electron chi connectivity index (χ2n) is 8.59. The summed E-state index contributed by atoms with van der Waals surface area (Å²) in [4.78, 5) is 4.77. The zero-order valence-corrected chi connectivity index (χ0v) is 23.5. The molecule has 6 nitrogen and oxygen atoms in total. The molecule has 0 fully saturated rings. The highest BCUT2D eigenvalue weighted by Crippen LogP contribution is 2.39. The molecule has 0 atom stereocenters. The summed E-state index contributed by atoms with van der Waals surface area (Å²) in [6.07, 6.45) is 0. The molecule has 200 valence electrons. The highest BCUT2D eigenvalue weighted by atomic mass is 31.1. The molecule has 0 saturated carbocycles. The van der Waals surface area contributed by atoms with E-state index in [-0.39, 0.29) is 0 Å². The third-order valence-electron chi connectivity index (χ3n) is 6.20. The molecule has 7 heteroatoms. The van der Waals surface area contributed by atoms with Crippen molar-refractivity contribution in [3.63, 3.8) is 0 Å². The first kappa shape index (κ1) is 29.1. The van der Waals surface area contributed by atoms with Crippen molar-refractivity contribution in [2.45, 2.75) is 0 Å². The number of methoxy groups -OCH3 is 4. The van der Waals surface area contributed by atoms with E-state index in [0.29, 0.717) is 26.4 Å². The predicted molar refractivity (Wildman–Crippen MR) is 157 cm³/mol. The highest BCUT2D eigenvalue weighted by Gasteiger charge is 2.25. The van der Waals surface area contributed by atoms with Crippen LogP contribution in [0.4, 0.5) is 11.4 Å². The Morgan fingerprint density at radius 3 is 1.22 bits per heavy atom. The molecular formula is C30H41N2O4P. The summed E-state index contributed by atoms with van der Waals surface area (Å²) in [7, 11) is 6.15. The number of benzene rings is 3. The standard InChI is InChI=1S/C30H41N2O4P/c1-33-22-18-31(19-23-34-2)27-14-8-10-16-29(27)37(26-12-6-5-7-13-26)30-17-11-9-15-28(30)32(20-24-35-3)21-25-36-4/h5-17H,18-25H2,1-4H3. The lowest BCUT2D eigenvalue weighted by atomic mass is 10.2. The zero-order valence-electron chi connectivity index (χ0n) is 22.6. The largest absolute Gasteiger partial charge is 0.383 e. The smallest absolute Gasteiger partial charge is 0.0637 e. The Morgan fingerprint density at radius 2 is 0.838 bits per heavy atom. The van der Waals surface area contributed by atoms with Crippen LogP contribution in [-0.4, -0.2) is 81.0 Å². The van der Waals surface area contributed by atoms with Gasteiger partial charge < -0.3 is 28.7 Å². The summed E-state index contributed by atoms with van der Waals surface area (Å²) in [5.41, 5.74) is 2.45. The lowest BCUT2D eigenvalue weighted by molar-refractivity contribution is 0.190. The molecule has 0 heterocycles. The lowest BCUT2D eigenvalue weighted by Gasteiger charge is -2.33. The average molecular weight is 525 g/mol. The Morgan fingerprint density at radius 1 is 0.486 bits per heavy atom. The quantitative estimate of drug-likeness (QED) is 0.251. The Bertz CT molecular complexity index is 957. The molecule has 0 saturated heterocycles. The summed E-state index contributed by atoms with van der Waals surface area (Å²) in [6.45, 7) is 5.79. The molecule has 37 heavy (non-hydrogen) atoms. The number of para-hydroxylation sites is 2. The van der Waals surface area contributed by atoms with Gasteiger partial charge >= 0.3 is 0 Å². The second-order valence-corrected chi connectivity index (χ2v) is 10.7. The molecule has 0 unspecified atom stereocenters. The first-order valence-electron chi connectivity index (χ1n) is 12.7. The van der Waals surface area contributed by atoms with Crippen molar-refractivity contribution >= 4 is 35.2 Å². The van der Waals surface area contributed by atoms with Crippen LogP contribution in [0.5, 0.6) is 0 Å². The fraction of sp³-hybridized carbons (Fsp3) is 0.400. The zero-order chi connectivity index (χ0) is 26.3. The second kappa shape index (κ2) is 16.4. The number of hydrogen-bond acceptors (Lipinski definition) is 6. The molecule has 0 spiro atoms. The van der Waals surface area contributed by atoms with Crippen molar-refractivity contribution in [3.8, 4) is 0 Å². The fourth-order valence-corrected chi connectivity index (χ4v) is 6.98. The molecule has 0 aliphatic rings. The van der Waals surface area contributed by atoms with Crippen LogP contribution in [0.3, 0.4) is 0 Å². The van der Waals surface area contributed by atoms with Gasteiger partial charge in [-0.25, -0.2) is 0 Å². The van der Waals surface area contributed by atoms with Crippen LogP contribution in [0.2, 0.25) is 0 Å². The van der Waals surface area contributed by atoms with Crippen LogP contribution < -0.4 is 25.7 Å². The van der Waals surface area contributed by atoms with Gasteiger partial charge in [0.15, 0.2) is 0 Å². The third-order valence-corrected chi connectivity index (χ3v) is 8.74. The number of ether oxygens (including phenoxy) is 4. The van der Waals surface area contributed by atoms with E-state index in [4.69, 9.17) is 18.9 Å². The predicted octanol–water partition coefficient (Wildman–Crippen LogP) is 3.64. The summed E-state index contributed by atoms with van der Waals surface area (Å²) in [5, 5.41) is 3.96. The molecule has 0 aliphatic carbocycles. The summed E-state index contributed by atoms with van der Waals surface area (Å²) in [5.74, 6) is 0. The van der Waals surface area contributed by atoms with Crippen molar-refractivity contribution in [2.24, 2.45) is 0 Å². The van der Waals surface area contributed by atoms with E-state index >= 15 is 0 Å². The van der Waals surface area contributed by atoms with Crippen LogP contribution >= 0.6 is 7.92 Å². The van der Waals surface area contributed by atoms with E-state index in [1.165, 1.54) is 27.3 Å². The van der Waals surface area contributed by atoms with Gasteiger partial charge in [-0.05, 0) is 25.4 Å². The Kier molecular flexibility index (Phi) is 12.9. The number of hydrogen-bond donors (Lipinski definition) is 0. The van der Waals surface area contributed by atoms with Gasteiger partial charge in [-0.2, -0.15) is 0 Å². The maximum Gasteiger partial charge on any atom is 0.0637 e. The molecule has 0 aliphatic heterocycles. The lowest BCUT2D eigenvalue weighted by Crippen LogP contribution is -2.37. The van der Waals surface area contributed by atoms with Crippen LogP contribution in [0, 0.1) is 0 Å². The molecule has 0 radical (unpaired) electrons. The number of nitrogens with zero attached hydrogens (tertiary/aromatic N) is 2. The van der Waals surface area contributed by atoms with Crippen molar-refractivity contribution in [1.29, 1.82) is 0 Å². The van der Waals surface area contributed by atoms with Crippen molar-refractivity contribution in [3.05, 3.63) is 78.9 Å². The third kappa shape index (κ3) is 8.26. The van der Waals surface area contributed by atoms with Crippen molar-refractivity contribution in [2.75, 3.05) is 90.8 Å². The van der Waals surface area contributed by atoms with Crippen LogP contribution in [-0.2, 0) is 18.9 Å². The average Bonchev–Trinajstić information content (AvgIpc) is 2.95. The van der Waals surface area contributed by atoms with E-state index in [1.807, 2.05) is 0 Å².